The minimum Gasteiger partial charge on any atom is -0.334 e. The molecule has 0 saturated carbocycles. The Bertz CT molecular complexity index is 489. The van der Waals surface area contributed by atoms with Crippen LogP contribution in [0.2, 0.25) is 5.02 Å². The molecule has 3 nitrogen and oxygen atoms in total. The standard InChI is InChI=1S/C9H5BrClFN2O/c10-4-8-13-9(15-14-8)6-3-5(11)1-2-7(6)12/h1-3H,4H2. The fraction of sp³-hybridized carbons (Fsp3) is 0.111. The van der Waals surface area contributed by atoms with Gasteiger partial charge in [0.2, 0.25) is 0 Å². The molecule has 6 heteroatoms. The first-order valence-corrected chi connectivity index (χ1v) is 5.54. The first kappa shape index (κ1) is 10.6. The molecule has 1 heterocycles. The third-order valence-electron chi connectivity index (χ3n) is 1.75. The molecule has 0 fully saturated rings. The van der Waals surface area contributed by atoms with Crippen molar-refractivity contribution in [3.8, 4) is 11.5 Å². The molecule has 0 spiro atoms. The molecule has 1 aromatic carbocycles. The molecule has 0 aliphatic heterocycles. The van der Waals surface area contributed by atoms with Crippen LogP contribution in [0.15, 0.2) is 22.7 Å². The molecule has 0 N–H and O–H groups in total. The highest BCUT2D eigenvalue weighted by Gasteiger charge is 2.13. The van der Waals surface area contributed by atoms with Crippen molar-refractivity contribution in [1.29, 1.82) is 0 Å². The molecule has 0 saturated heterocycles. The van der Waals surface area contributed by atoms with Gasteiger partial charge in [-0.15, -0.1) is 0 Å². The number of nitrogens with zero attached hydrogens (tertiary/aromatic N) is 2. The van der Waals surface area contributed by atoms with Crippen molar-refractivity contribution >= 4 is 27.5 Å². The summed E-state index contributed by atoms with van der Waals surface area (Å²) in [5.74, 6) is 0.151. The highest BCUT2D eigenvalue weighted by atomic mass is 79.9. The van der Waals surface area contributed by atoms with E-state index in [4.69, 9.17) is 16.1 Å². The molecule has 0 bridgehead atoms. The van der Waals surface area contributed by atoms with Crippen molar-refractivity contribution in [2.45, 2.75) is 5.33 Å². The molecule has 2 rings (SSSR count). The lowest BCUT2D eigenvalue weighted by molar-refractivity contribution is 0.423. The highest BCUT2D eigenvalue weighted by molar-refractivity contribution is 9.08. The third-order valence-corrected chi connectivity index (χ3v) is 2.48. The topological polar surface area (TPSA) is 38.9 Å². The van der Waals surface area contributed by atoms with Gasteiger partial charge in [0.05, 0.1) is 10.9 Å². The van der Waals surface area contributed by atoms with Gasteiger partial charge in [-0.25, -0.2) is 4.39 Å². The second kappa shape index (κ2) is 4.28. The SMILES string of the molecule is Fc1ccc(Cl)cc1-c1nc(CBr)no1. The van der Waals surface area contributed by atoms with Gasteiger partial charge in [0.25, 0.3) is 5.89 Å². The van der Waals surface area contributed by atoms with E-state index in [-0.39, 0.29) is 11.5 Å². The van der Waals surface area contributed by atoms with Crippen molar-refractivity contribution in [3.63, 3.8) is 0 Å². The van der Waals surface area contributed by atoms with Crippen LogP contribution in [0.25, 0.3) is 11.5 Å². The van der Waals surface area contributed by atoms with E-state index >= 15 is 0 Å². The summed E-state index contributed by atoms with van der Waals surface area (Å²) in [5, 5.41) is 4.52. The number of hydrogen-bond acceptors (Lipinski definition) is 3. The van der Waals surface area contributed by atoms with Crippen molar-refractivity contribution < 1.29 is 8.91 Å². The lowest BCUT2D eigenvalue weighted by Crippen LogP contribution is -1.85. The second-order valence-corrected chi connectivity index (χ2v) is 3.77. The van der Waals surface area contributed by atoms with Crippen LogP contribution in [-0.2, 0) is 5.33 Å². The summed E-state index contributed by atoms with van der Waals surface area (Å²) in [7, 11) is 0. The van der Waals surface area contributed by atoms with E-state index in [0.29, 0.717) is 16.2 Å². The lowest BCUT2D eigenvalue weighted by Gasteiger charge is -1.96. The molecule has 78 valence electrons. The third kappa shape index (κ3) is 2.18. The minimum atomic E-state index is -0.441. The zero-order chi connectivity index (χ0) is 10.8. The van der Waals surface area contributed by atoms with Crippen molar-refractivity contribution in [3.05, 3.63) is 34.9 Å². The Morgan fingerprint density at radius 1 is 1.47 bits per heavy atom. The van der Waals surface area contributed by atoms with Gasteiger partial charge in [0.15, 0.2) is 5.82 Å². The largest absolute Gasteiger partial charge is 0.334 e. The number of rotatable bonds is 2. The van der Waals surface area contributed by atoms with E-state index < -0.39 is 5.82 Å². The minimum absolute atomic E-state index is 0.129. The zero-order valence-electron chi connectivity index (χ0n) is 7.38. The Kier molecular flexibility index (Phi) is 3.02. The Morgan fingerprint density at radius 2 is 2.27 bits per heavy atom. The van der Waals surface area contributed by atoms with E-state index in [1.54, 1.807) is 0 Å². The fourth-order valence-corrected chi connectivity index (χ4v) is 1.48. The van der Waals surface area contributed by atoms with Crippen molar-refractivity contribution in [2.24, 2.45) is 0 Å². The number of alkyl halides is 1. The van der Waals surface area contributed by atoms with Gasteiger partial charge in [-0.3, -0.25) is 0 Å². The highest BCUT2D eigenvalue weighted by Crippen LogP contribution is 2.24. The van der Waals surface area contributed by atoms with Gasteiger partial charge in [0.1, 0.15) is 5.82 Å². The summed E-state index contributed by atoms with van der Waals surface area (Å²) in [6.07, 6.45) is 0. The molecular weight excluding hydrogens is 286 g/mol. The van der Waals surface area contributed by atoms with Crippen LogP contribution in [0.3, 0.4) is 0 Å². The molecule has 15 heavy (non-hydrogen) atoms. The summed E-state index contributed by atoms with van der Waals surface area (Å²) in [5.41, 5.74) is 0.210. The van der Waals surface area contributed by atoms with Gasteiger partial charge in [0, 0.05) is 5.02 Å². The van der Waals surface area contributed by atoms with Crippen LogP contribution < -0.4 is 0 Å². The lowest BCUT2D eigenvalue weighted by atomic mass is 10.2. The molecule has 0 aliphatic carbocycles. The Morgan fingerprint density at radius 3 is 2.93 bits per heavy atom. The van der Waals surface area contributed by atoms with Crippen molar-refractivity contribution in [2.75, 3.05) is 0 Å². The van der Waals surface area contributed by atoms with Crippen LogP contribution in [-0.4, -0.2) is 10.1 Å². The molecule has 0 atom stereocenters. The summed E-state index contributed by atoms with van der Waals surface area (Å²) >= 11 is 8.91. The molecule has 2 aromatic rings. The predicted octanol–water partition coefficient (Wildman–Crippen LogP) is 3.42. The van der Waals surface area contributed by atoms with Crippen LogP contribution in [0.1, 0.15) is 5.82 Å². The maximum Gasteiger partial charge on any atom is 0.260 e. The average molecular weight is 292 g/mol. The molecule has 0 amide bonds. The van der Waals surface area contributed by atoms with Crippen LogP contribution in [0.5, 0.6) is 0 Å². The Labute approximate surface area is 98.4 Å². The number of aromatic nitrogens is 2. The average Bonchev–Trinajstić information content (AvgIpc) is 2.70. The predicted molar refractivity (Wildman–Crippen MR) is 57.3 cm³/mol. The van der Waals surface area contributed by atoms with Gasteiger partial charge in [-0.1, -0.05) is 32.7 Å². The van der Waals surface area contributed by atoms with Gasteiger partial charge < -0.3 is 4.52 Å². The van der Waals surface area contributed by atoms with E-state index in [1.165, 1.54) is 18.2 Å². The van der Waals surface area contributed by atoms with Gasteiger partial charge in [-0.2, -0.15) is 4.98 Å². The van der Waals surface area contributed by atoms with Crippen LogP contribution in [0.4, 0.5) is 4.39 Å². The smallest absolute Gasteiger partial charge is 0.260 e. The van der Waals surface area contributed by atoms with Crippen molar-refractivity contribution in [1.82, 2.24) is 10.1 Å². The Balaban J connectivity index is 2.48. The fourth-order valence-electron chi connectivity index (χ4n) is 1.08. The van der Waals surface area contributed by atoms with E-state index in [9.17, 15) is 4.39 Å². The molecule has 0 aliphatic rings. The first-order valence-electron chi connectivity index (χ1n) is 4.04. The number of benzene rings is 1. The number of hydrogen-bond donors (Lipinski definition) is 0. The molecular formula is C9H5BrClFN2O. The monoisotopic (exact) mass is 290 g/mol. The van der Waals surface area contributed by atoms with Gasteiger partial charge >= 0.3 is 0 Å². The second-order valence-electron chi connectivity index (χ2n) is 2.77. The van der Waals surface area contributed by atoms with E-state index in [2.05, 4.69) is 26.1 Å². The van der Waals surface area contributed by atoms with Gasteiger partial charge in [-0.05, 0) is 18.2 Å². The molecule has 0 radical (unpaired) electrons. The summed E-state index contributed by atoms with van der Waals surface area (Å²) in [6.45, 7) is 0. The maximum absolute atomic E-state index is 13.4. The van der Waals surface area contributed by atoms with E-state index in [1.807, 2.05) is 0 Å². The van der Waals surface area contributed by atoms with Crippen LogP contribution >= 0.6 is 27.5 Å². The summed E-state index contributed by atoms with van der Waals surface area (Å²) in [6, 6.07) is 4.17. The van der Waals surface area contributed by atoms with E-state index in [0.717, 1.165) is 0 Å². The molecule has 1 aromatic heterocycles. The summed E-state index contributed by atoms with van der Waals surface area (Å²) < 4.78 is 18.3. The zero-order valence-corrected chi connectivity index (χ0v) is 9.72. The number of halogens is 3. The first-order chi connectivity index (χ1) is 7.20. The quantitative estimate of drug-likeness (QED) is 0.796. The van der Waals surface area contributed by atoms with Crippen LogP contribution in [0, 0.1) is 5.82 Å². The Hall–Kier alpha value is -0.940. The normalized spacial score (nSPS) is 10.6. The summed E-state index contributed by atoms with van der Waals surface area (Å²) in [4.78, 5) is 3.98. The molecule has 0 unspecified atom stereocenters. The maximum atomic E-state index is 13.4.